The maximum Gasteiger partial charge on any atom is 0.242 e. The van der Waals surface area contributed by atoms with Crippen molar-refractivity contribution in [1.82, 2.24) is 40.2 Å². The quantitative estimate of drug-likeness (QED) is 0.632. The summed E-state index contributed by atoms with van der Waals surface area (Å²) in [6, 6.07) is 8.39. The van der Waals surface area contributed by atoms with Crippen molar-refractivity contribution in [3.8, 4) is 5.69 Å². The number of nitrogens with zero attached hydrogens (tertiary/aromatic N) is 7. The van der Waals surface area contributed by atoms with E-state index in [-0.39, 0.29) is 12.5 Å². The van der Waals surface area contributed by atoms with Crippen molar-refractivity contribution in [2.24, 2.45) is 0 Å². The third kappa shape index (κ3) is 4.80. The van der Waals surface area contributed by atoms with Crippen LogP contribution in [0.5, 0.6) is 0 Å². The Balaban J connectivity index is 1.56. The largest absolute Gasteiger partial charge is 0.350 e. The van der Waals surface area contributed by atoms with Gasteiger partial charge in [-0.1, -0.05) is 18.2 Å². The van der Waals surface area contributed by atoms with Gasteiger partial charge in [0.15, 0.2) is 5.82 Å². The van der Waals surface area contributed by atoms with Crippen LogP contribution in [0, 0.1) is 6.92 Å². The molecule has 0 aliphatic carbocycles. The van der Waals surface area contributed by atoms with Crippen LogP contribution in [0.4, 0.5) is 0 Å². The first-order valence-corrected chi connectivity index (χ1v) is 9.25. The van der Waals surface area contributed by atoms with E-state index in [9.17, 15) is 4.79 Å². The van der Waals surface area contributed by atoms with Crippen molar-refractivity contribution < 1.29 is 4.79 Å². The minimum Gasteiger partial charge on any atom is -0.350 e. The van der Waals surface area contributed by atoms with E-state index in [4.69, 9.17) is 0 Å². The Morgan fingerprint density at radius 2 is 2.07 bits per heavy atom. The van der Waals surface area contributed by atoms with Crippen LogP contribution in [0.2, 0.25) is 0 Å². The van der Waals surface area contributed by atoms with E-state index in [1.807, 2.05) is 49.1 Å². The number of hydrogen-bond acceptors (Lipinski definition) is 6. The van der Waals surface area contributed by atoms with E-state index >= 15 is 0 Å². The average molecular weight is 382 g/mol. The molecule has 0 radical (unpaired) electrons. The highest BCUT2D eigenvalue weighted by Gasteiger charge is 2.14. The van der Waals surface area contributed by atoms with Crippen molar-refractivity contribution in [2.45, 2.75) is 46.4 Å². The molecule has 3 aromatic rings. The molecule has 1 N–H and O–H groups in total. The maximum atomic E-state index is 12.3. The molecule has 0 aliphatic rings. The zero-order chi connectivity index (χ0) is 20.1. The van der Waals surface area contributed by atoms with Gasteiger partial charge in [0.05, 0.1) is 18.4 Å². The van der Waals surface area contributed by atoms with Crippen molar-refractivity contribution in [3.05, 3.63) is 53.6 Å². The number of rotatable bonds is 8. The van der Waals surface area contributed by atoms with Crippen LogP contribution in [-0.2, 0) is 24.4 Å². The van der Waals surface area contributed by atoms with Gasteiger partial charge in [-0.25, -0.2) is 9.36 Å². The number of carbonyl (C=O) groups excluding carboxylic acids is 1. The van der Waals surface area contributed by atoms with Gasteiger partial charge in [-0.15, -0.1) is 5.10 Å². The standard InChI is InChI=1S/C19H26N8O/c1-14(2)25(4)12-18-22-23-24-27(18)13-19(28)20-9-16-10-21-26(11-16)17-8-6-5-7-15(17)3/h5-8,10-11,14H,9,12-13H2,1-4H3,(H,20,28). The summed E-state index contributed by atoms with van der Waals surface area (Å²) < 4.78 is 3.35. The molecular formula is C19H26N8O. The van der Waals surface area contributed by atoms with Crippen LogP contribution in [-0.4, -0.2) is 53.9 Å². The molecular weight excluding hydrogens is 356 g/mol. The summed E-state index contributed by atoms with van der Waals surface area (Å²) in [7, 11) is 2.00. The van der Waals surface area contributed by atoms with Crippen LogP contribution in [0.15, 0.2) is 36.7 Å². The van der Waals surface area contributed by atoms with Gasteiger partial charge in [-0.05, 0) is 49.9 Å². The molecule has 2 heterocycles. The smallest absolute Gasteiger partial charge is 0.242 e. The summed E-state index contributed by atoms with van der Waals surface area (Å²) in [4.78, 5) is 14.4. The topological polar surface area (TPSA) is 93.8 Å². The highest BCUT2D eigenvalue weighted by Crippen LogP contribution is 2.13. The number of carbonyl (C=O) groups is 1. The van der Waals surface area contributed by atoms with E-state index in [1.165, 1.54) is 4.68 Å². The number of para-hydroxylation sites is 1. The lowest BCUT2D eigenvalue weighted by Gasteiger charge is -2.19. The summed E-state index contributed by atoms with van der Waals surface area (Å²) in [6.07, 6.45) is 3.68. The number of nitrogens with one attached hydrogen (secondary N) is 1. The SMILES string of the molecule is Cc1ccccc1-n1cc(CNC(=O)Cn2nnnc2CN(C)C(C)C)cn1. The Kier molecular flexibility index (Phi) is 6.15. The molecule has 9 nitrogen and oxygen atoms in total. The third-order valence-electron chi connectivity index (χ3n) is 4.66. The summed E-state index contributed by atoms with van der Waals surface area (Å²) in [5.41, 5.74) is 3.08. The van der Waals surface area contributed by atoms with Crippen LogP contribution < -0.4 is 5.32 Å². The molecule has 2 aromatic heterocycles. The molecule has 1 amide bonds. The molecule has 28 heavy (non-hydrogen) atoms. The van der Waals surface area contributed by atoms with Crippen molar-refractivity contribution >= 4 is 5.91 Å². The fraction of sp³-hybridized carbons (Fsp3) is 0.421. The van der Waals surface area contributed by atoms with Crippen LogP contribution in [0.1, 0.15) is 30.8 Å². The maximum absolute atomic E-state index is 12.3. The summed E-state index contributed by atoms with van der Waals surface area (Å²) in [5.74, 6) is 0.517. The molecule has 0 saturated heterocycles. The Labute approximate surface area is 164 Å². The molecule has 9 heteroatoms. The normalized spacial score (nSPS) is 11.4. The number of hydrogen-bond donors (Lipinski definition) is 1. The highest BCUT2D eigenvalue weighted by molar-refractivity contribution is 5.75. The number of tetrazole rings is 1. The van der Waals surface area contributed by atoms with Crippen LogP contribution in [0.25, 0.3) is 5.69 Å². The van der Waals surface area contributed by atoms with Gasteiger partial charge in [-0.3, -0.25) is 9.69 Å². The molecule has 1 aromatic carbocycles. The Morgan fingerprint density at radius 1 is 1.29 bits per heavy atom. The van der Waals surface area contributed by atoms with Gasteiger partial charge in [0, 0.05) is 24.3 Å². The molecule has 0 bridgehead atoms. The fourth-order valence-corrected chi connectivity index (χ4v) is 2.66. The second kappa shape index (κ2) is 8.75. The van der Waals surface area contributed by atoms with Gasteiger partial charge < -0.3 is 5.32 Å². The van der Waals surface area contributed by atoms with E-state index in [1.54, 1.807) is 6.20 Å². The lowest BCUT2D eigenvalue weighted by atomic mass is 10.2. The number of benzene rings is 1. The first-order chi connectivity index (χ1) is 13.4. The van der Waals surface area contributed by atoms with Gasteiger partial charge >= 0.3 is 0 Å². The van der Waals surface area contributed by atoms with Gasteiger partial charge in [0.2, 0.25) is 5.91 Å². The second-order valence-corrected chi connectivity index (χ2v) is 7.12. The zero-order valence-corrected chi connectivity index (χ0v) is 16.7. The monoisotopic (exact) mass is 382 g/mol. The predicted molar refractivity (Wildman–Crippen MR) is 105 cm³/mol. The minimum absolute atomic E-state index is 0.0835. The van der Waals surface area contributed by atoms with Crippen molar-refractivity contribution in [2.75, 3.05) is 7.05 Å². The average Bonchev–Trinajstić information content (AvgIpc) is 3.30. The van der Waals surface area contributed by atoms with E-state index < -0.39 is 0 Å². The lowest BCUT2D eigenvalue weighted by molar-refractivity contribution is -0.122. The Bertz CT molecular complexity index is 929. The fourth-order valence-electron chi connectivity index (χ4n) is 2.66. The lowest BCUT2D eigenvalue weighted by Crippen LogP contribution is -2.31. The molecule has 0 saturated carbocycles. The number of aryl methyl sites for hydroxylation is 1. The zero-order valence-electron chi connectivity index (χ0n) is 16.7. The highest BCUT2D eigenvalue weighted by atomic mass is 16.2. The van der Waals surface area contributed by atoms with Gasteiger partial charge in [0.25, 0.3) is 0 Å². The summed E-state index contributed by atoms with van der Waals surface area (Å²) in [5, 5.41) is 18.9. The first-order valence-electron chi connectivity index (χ1n) is 9.25. The molecule has 0 atom stereocenters. The van der Waals surface area contributed by atoms with Gasteiger partial charge in [0.1, 0.15) is 6.54 Å². The van der Waals surface area contributed by atoms with Crippen LogP contribution in [0.3, 0.4) is 0 Å². The van der Waals surface area contributed by atoms with E-state index in [0.717, 1.165) is 16.8 Å². The van der Waals surface area contributed by atoms with Crippen molar-refractivity contribution in [1.29, 1.82) is 0 Å². The second-order valence-electron chi connectivity index (χ2n) is 7.12. The van der Waals surface area contributed by atoms with E-state index in [0.29, 0.717) is 25.0 Å². The number of amides is 1. The Hall–Kier alpha value is -3.07. The third-order valence-corrected chi connectivity index (χ3v) is 4.66. The molecule has 0 fully saturated rings. The molecule has 0 aliphatic heterocycles. The number of aromatic nitrogens is 6. The molecule has 0 unspecified atom stereocenters. The predicted octanol–water partition coefficient (Wildman–Crippen LogP) is 1.32. The molecule has 0 spiro atoms. The Morgan fingerprint density at radius 3 is 2.82 bits per heavy atom. The van der Waals surface area contributed by atoms with Crippen molar-refractivity contribution in [3.63, 3.8) is 0 Å². The molecule has 148 valence electrons. The summed E-state index contributed by atoms with van der Waals surface area (Å²) >= 11 is 0. The first kappa shape index (κ1) is 19.7. The summed E-state index contributed by atoms with van der Waals surface area (Å²) in [6.45, 7) is 7.30. The minimum atomic E-state index is -0.149. The van der Waals surface area contributed by atoms with E-state index in [2.05, 4.69) is 44.7 Å². The van der Waals surface area contributed by atoms with Gasteiger partial charge in [-0.2, -0.15) is 5.10 Å². The molecule has 3 rings (SSSR count). The van der Waals surface area contributed by atoms with Crippen LogP contribution >= 0.6 is 0 Å².